The fraction of sp³-hybridized carbons (Fsp3) is 0.615. The topological polar surface area (TPSA) is 14.2 Å². The van der Waals surface area contributed by atoms with E-state index >= 15 is 0 Å². The molecule has 0 aliphatic rings. The van der Waals surface area contributed by atoms with Crippen molar-refractivity contribution in [1.29, 1.82) is 0 Å². The normalized spacial score (nSPS) is 10.9. The Balaban J connectivity index is 1.39. The van der Waals surface area contributed by atoms with Crippen LogP contribution in [0.2, 0.25) is 0 Å². The van der Waals surface area contributed by atoms with Crippen molar-refractivity contribution >= 4 is 11.4 Å². The summed E-state index contributed by atoms with van der Waals surface area (Å²) in [5.74, 6) is 0. The summed E-state index contributed by atoms with van der Waals surface area (Å²) in [6.45, 7) is 2.28. The minimum atomic E-state index is 1.14. The zero-order valence-corrected chi connectivity index (χ0v) is 19.9. The van der Waals surface area contributed by atoms with E-state index in [1.165, 1.54) is 75.6 Å². The molecule has 0 saturated heterocycles. The second-order valence-corrected chi connectivity index (χ2v) is 8.91. The molecular formula is C26H44N4+2. The number of hydrogen-bond donors (Lipinski definition) is 0. The average Bonchev–Trinajstić information content (AvgIpc) is 2.75. The molecule has 2 aromatic heterocycles. The number of pyridine rings is 2. The molecule has 2 heterocycles. The molecule has 0 aliphatic heterocycles. The maximum Gasteiger partial charge on any atom is 0.170 e. The molecule has 0 atom stereocenters. The smallest absolute Gasteiger partial charge is 0.170 e. The number of anilines is 2. The highest BCUT2D eigenvalue weighted by Crippen LogP contribution is 2.11. The molecule has 0 spiro atoms. The highest BCUT2D eigenvalue weighted by Gasteiger charge is 2.03. The standard InChI is InChI=1S/C26H44N4/c1-27(2)25-15-21-29(22-16-25)19-13-11-9-7-5-6-8-10-12-14-20-30-23-17-26(18-24-30)28(3)4/h15-18,21-24H,5-14,19-20H2,1-4H3/q+2. The van der Waals surface area contributed by atoms with Gasteiger partial charge in [0.25, 0.3) is 0 Å². The van der Waals surface area contributed by atoms with E-state index in [0.717, 1.165) is 13.1 Å². The maximum atomic E-state index is 2.31. The van der Waals surface area contributed by atoms with Crippen LogP contribution in [0.1, 0.15) is 64.2 Å². The third-order valence-electron chi connectivity index (χ3n) is 5.86. The summed E-state index contributed by atoms with van der Waals surface area (Å²) in [6.07, 6.45) is 22.5. The van der Waals surface area contributed by atoms with Crippen LogP contribution in [0.15, 0.2) is 49.1 Å². The summed E-state index contributed by atoms with van der Waals surface area (Å²) in [5.41, 5.74) is 2.53. The lowest BCUT2D eigenvalue weighted by Crippen LogP contribution is -2.32. The van der Waals surface area contributed by atoms with Crippen LogP contribution in [-0.4, -0.2) is 28.2 Å². The van der Waals surface area contributed by atoms with E-state index in [4.69, 9.17) is 0 Å². The van der Waals surface area contributed by atoms with Gasteiger partial charge in [0.05, 0.1) is 0 Å². The summed E-state index contributed by atoms with van der Waals surface area (Å²) in [5, 5.41) is 0. The summed E-state index contributed by atoms with van der Waals surface area (Å²) < 4.78 is 4.61. The van der Waals surface area contributed by atoms with Crippen LogP contribution in [0.5, 0.6) is 0 Å². The van der Waals surface area contributed by atoms with E-state index in [2.05, 4.69) is 96.2 Å². The quantitative estimate of drug-likeness (QED) is 0.302. The molecule has 0 bridgehead atoms. The number of aryl methyl sites for hydroxylation is 2. The molecule has 2 aromatic rings. The third kappa shape index (κ3) is 9.60. The summed E-state index contributed by atoms with van der Waals surface area (Å²) in [6, 6.07) is 8.78. The molecule has 0 N–H and O–H groups in total. The van der Waals surface area contributed by atoms with Crippen molar-refractivity contribution in [2.75, 3.05) is 38.0 Å². The maximum absolute atomic E-state index is 2.31. The predicted octanol–water partition coefficient (Wildman–Crippen LogP) is 4.99. The molecule has 0 aromatic carbocycles. The number of nitrogens with zero attached hydrogens (tertiary/aromatic N) is 4. The minimum absolute atomic E-state index is 1.14. The van der Waals surface area contributed by atoms with E-state index < -0.39 is 0 Å². The molecular weight excluding hydrogens is 368 g/mol. The number of aromatic nitrogens is 2. The van der Waals surface area contributed by atoms with Gasteiger partial charge < -0.3 is 9.80 Å². The molecule has 0 radical (unpaired) electrons. The van der Waals surface area contributed by atoms with Gasteiger partial charge in [0.15, 0.2) is 24.8 Å². The molecule has 0 amide bonds. The molecule has 2 rings (SSSR count). The van der Waals surface area contributed by atoms with Crippen LogP contribution in [-0.2, 0) is 13.1 Å². The molecule has 0 aliphatic carbocycles. The van der Waals surface area contributed by atoms with Crippen molar-refractivity contribution in [1.82, 2.24) is 0 Å². The first-order valence-electron chi connectivity index (χ1n) is 11.9. The van der Waals surface area contributed by atoms with E-state index in [1.807, 2.05) is 0 Å². The van der Waals surface area contributed by atoms with Crippen LogP contribution in [0.4, 0.5) is 11.4 Å². The van der Waals surface area contributed by atoms with Gasteiger partial charge in [-0.25, -0.2) is 9.13 Å². The molecule has 0 fully saturated rings. The van der Waals surface area contributed by atoms with Crippen molar-refractivity contribution in [2.24, 2.45) is 0 Å². The van der Waals surface area contributed by atoms with Crippen LogP contribution in [0, 0.1) is 0 Å². The fourth-order valence-electron chi connectivity index (χ4n) is 3.80. The molecule has 4 nitrogen and oxygen atoms in total. The van der Waals surface area contributed by atoms with E-state index in [-0.39, 0.29) is 0 Å². The lowest BCUT2D eigenvalue weighted by Gasteiger charge is -2.10. The van der Waals surface area contributed by atoms with Crippen molar-refractivity contribution in [3.8, 4) is 0 Å². The van der Waals surface area contributed by atoms with Crippen LogP contribution < -0.4 is 18.9 Å². The monoisotopic (exact) mass is 412 g/mol. The molecule has 30 heavy (non-hydrogen) atoms. The van der Waals surface area contributed by atoms with Crippen molar-refractivity contribution in [2.45, 2.75) is 77.3 Å². The van der Waals surface area contributed by atoms with E-state index in [9.17, 15) is 0 Å². The third-order valence-corrected chi connectivity index (χ3v) is 5.86. The molecule has 0 unspecified atom stereocenters. The zero-order valence-electron chi connectivity index (χ0n) is 19.9. The fourth-order valence-corrected chi connectivity index (χ4v) is 3.80. The molecule has 166 valence electrons. The van der Waals surface area contributed by atoms with Gasteiger partial charge in [0, 0.05) is 76.7 Å². The van der Waals surface area contributed by atoms with Crippen molar-refractivity contribution < 1.29 is 9.13 Å². The Morgan fingerprint density at radius 2 is 0.733 bits per heavy atom. The zero-order chi connectivity index (χ0) is 21.6. The van der Waals surface area contributed by atoms with Crippen LogP contribution in [0.25, 0.3) is 0 Å². The Morgan fingerprint density at radius 3 is 1.00 bits per heavy atom. The van der Waals surface area contributed by atoms with E-state index in [0.29, 0.717) is 0 Å². The van der Waals surface area contributed by atoms with Crippen molar-refractivity contribution in [3.05, 3.63) is 49.1 Å². The van der Waals surface area contributed by atoms with Gasteiger partial charge in [0.2, 0.25) is 0 Å². The van der Waals surface area contributed by atoms with Gasteiger partial charge in [-0.15, -0.1) is 0 Å². The van der Waals surface area contributed by atoms with E-state index in [1.54, 1.807) is 0 Å². The van der Waals surface area contributed by atoms with Gasteiger partial charge in [-0.05, 0) is 12.8 Å². The largest absolute Gasteiger partial charge is 0.377 e. The minimum Gasteiger partial charge on any atom is -0.377 e. The van der Waals surface area contributed by atoms with Crippen LogP contribution in [0.3, 0.4) is 0 Å². The van der Waals surface area contributed by atoms with Crippen molar-refractivity contribution in [3.63, 3.8) is 0 Å². The second-order valence-electron chi connectivity index (χ2n) is 8.91. The van der Waals surface area contributed by atoms with Crippen LogP contribution >= 0.6 is 0 Å². The Bertz CT molecular complexity index is 616. The Hall–Kier alpha value is -2.10. The lowest BCUT2D eigenvalue weighted by atomic mass is 10.1. The number of hydrogen-bond acceptors (Lipinski definition) is 2. The Labute approximate surface area is 185 Å². The second kappa shape index (κ2) is 14.0. The first-order valence-corrected chi connectivity index (χ1v) is 11.9. The van der Waals surface area contributed by atoms with Gasteiger partial charge in [0.1, 0.15) is 13.1 Å². The first kappa shape index (κ1) is 24.2. The highest BCUT2D eigenvalue weighted by atomic mass is 15.1. The summed E-state index contributed by atoms with van der Waals surface area (Å²) in [7, 11) is 8.35. The first-order chi connectivity index (χ1) is 14.6. The van der Waals surface area contributed by atoms with Gasteiger partial charge >= 0.3 is 0 Å². The average molecular weight is 413 g/mol. The highest BCUT2D eigenvalue weighted by molar-refractivity contribution is 5.41. The SMILES string of the molecule is CN(C)c1cc[n+](CCCCCCCCCCCC[n+]2ccc(N(C)C)cc2)cc1. The number of rotatable bonds is 15. The molecule has 4 heteroatoms. The van der Waals surface area contributed by atoms with Gasteiger partial charge in [-0.2, -0.15) is 0 Å². The summed E-state index contributed by atoms with van der Waals surface area (Å²) in [4.78, 5) is 4.29. The lowest BCUT2D eigenvalue weighted by molar-refractivity contribution is -0.697. The predicted molar refractivity (Wildman–Crippen MR) is 128 cm³/mol. The Kier molecular flexibility index (Phi) is 11.3. The Morgan fingerprint density at radius 1 is 0.467 bits per heavy atom. The number of unbranched alkanes of at least 4 members (excludes halogenated alkanes) is 9. The molecule has 0 saturated carbocycles. The van der Waals surface area contributed by atoms with Gasteiger partial charge in [-0.1, -0.05) is 38.5 Å². The van der Waals surface area contributed by atoms with Gasteiger partial charge in [-0.3, -0.25) is 0 Å². The summed E-state index contributed by atoms with van der Waals surface area (Å²) >= 11 is 0.